The minimum atomic E-state index is -3.26. The Morgan fingerprint density at radius 3 is 2.95 bits per heavy atom. The molecule has 0 aliphatic carbocycles. The highest BCUT2D eigenvalue weighted by Gasteiger charge is 2.33. The SMILES string of the molecule is CCn1cc(C2CN(S(=O)(=O)CC3CCOC3)CCO2)cn1. The Hall–Kier alpha value is -0.960. The van der Waals surface area contributed by atoms with Crippen LogP contribution in [0.25, 0.3) is 0 Å². The van der Waals surface area contributed by atoms with Crippen LogP contribution in [0.4, 0.5) is 0 Å². The molecule has 0 bridgehead atoms. The maximum absolute atomic E-state index is 12.6. The van der Waals surface area contributed by atoms with Crippen LogP contribution in [0.3, 0.4) is 0 Å². The summed E-state index contributed by atoms with van der Waals surface area (Å²) in [6.45, 7) is 5.23. The standard InChI is InChI=1S/C14H23N3O4S/c1-2-16-8-13(7-15-16)14-9-17(4-6-21-14)22(18,19)11-12-3-5-20-10-12/h7-8,12,14H,2-6,9-11H2,1H3. The number of morpholine rings is 1. The highest BCUT2D eigenvalue weighted by molar-refractivity contribution is 7.89. The maximum Gasteiger partial charge on any atom is 0.214 e. The highest BCUT2D eigenvalue weighted by atomic mass is 32.2. The van der Waals surface area contributed by atoms with E-state index in [-0.39, 0.29) is 17.8 Å². The van der Waals surface area contributed by atoms with E-state index in [9.17, 15) is 8.42 Å². The van der Waals surface area contributed by atoms with Crippen LogP contribution in [0.2, 0.25) is 0 Å². The summed E-state index contributed by atoms with van der Waals surface area (Å²) in [4.78, 5) is 0. The lowest BCUT2D eigenvalue weighted by Gasteiger charge is -2.32. The van der Waals surface area contributed by atoms with E-state index >= 15 is 0 Å². The average Bonchev–Trinajstić information content (AvgIpc) is 3.18. The molecular weight excluding hydrogens is 306 g/mol. The van der Waals surface area contributed by atoms with Gasteiger partial charge in [0.15, 0.2) is 0 Å². The van der Waals surface area contributed by atoms with Gasteiger partial charge < -0.3 is 9.47 Å². The first-order chi connectivity index (χ1) is 10.6. The van der Waals surface area contributed by atoms with Crippen molar-refractivity contribution in [3.05, 3.63) is 18.0 Å². The van der Waals surface area contributed by atoms with Crippen LogP contribution < -0.4 is 0 Å². The number of rotatable bonds is 5. The summed E-state index contributed by atoms with van der Waals surface area (Å²) in [6, 6.07) is 0. The molecule has 7 nitrogen and oxygen atoms in total. The number of aryl methyl sites for hydroxylation is 1. The Morgan fingerprint density at radius 1 is 1.41 bits per heavy atom. The average molecular weight is 329 g/mol. The summed E-state index contributed by atoms with van der Waals surface area (Å²) >= 11 is 0. The van der Waals surface area contributed by atoms with Crippen molar-refractivity contribution in [1.82, 2.24) is 14.1 Å². The predicted octanol–water partition coefficient (Wildman–Crippen LogP) is 0.643. The van der Waals surface area contributed by atoms with Crippen LogP contribution in [0.5, 0.6) is 0 Å². The molecule has 8 heteroatoms. The lowest BCUT2D eigenvalue weighted by Crippen LogP contribution is -2.44. The molecule has 124 valence electrons. The van der Waals surface area contributed by atoms with Gasteiger partial charge in [-0.3, -0.25) is 4.68 Å². The summed E-state index contributed by atoms with van der Waals surface area (Å²) < 4.78 is 39.5. The summed E-state index contributed by atoms with van der Waals surface area (Å²) in [5.41, 5.74) is 0.936. The van der Waals surface area contributed by atoms with Crippen LogP contribution in [0.1, 0.15) is 25.0 Å². The second-order valence-electron chi connectivity index (χ2n) is 5.85. The summed E-state index contributed by atoms with van der Waals surface area (Å²) in [5.74, 6) is 0.294. The molecule has 0 saturated carbocycles. The molecule has 0 spiro atoms. The van der Waals surface area contributed by atoms with Gasteiger partial charge in [0, 0.05) is 38.0 Å². The lowest BCUT2D eigenvalue weighted by molar-refractivity contribution is -0.00269. The third kappa shape index (κ3) is 3.51. The fourth-order valence-electron chi connectivity index (χ4n) is 2.92. The van der Waals surface area contributed by atoms with Gasteiger partial charge in [-0.1, -0.05) is 0 Å². The number of sulfonamides is 1. The van der Waals surface area contributed by atoms with Crippen LogP contribution in [-0.2, 0) is 26.0 Å². The van der Waals surface area contributed by atoms with Crippen molar-refractivity contribution in [2.24, 2.45) is 5.92 Å². The van der Waals surface area contributed by atoms with E-state index in [1.807, 2.05) is 17.8 Å². The van der Waals surface area contributed by atoms with Crippen molar-refractivity contribution >= 4 is 10.0 Å². The van der Waals surface area contributed by atoms with Gasteiger partial charge in [0.2, 0.25) is 10.0 Å². The van der Waals surface area contributed by atoms with Crippen molar-refractivity contribution in [3.63, 3.8) is 0 Å². The molecule has 1 aromatic rings. The van der Waals surface area contributed by atoms with Crippen LogP contribution in [0, 0.1) is 5.92 Å². The highest BCUT2D eigenvalue weighted by Crippen LogP contribution is 2.25. The van der Waals surface area contributed by atoms with E-state index < -0.39 is 10.0 Å². The Balaban J connectivity index is 1.66. The van der Waals surface area contributed by atoms with E-state index in [1.54, 1.807) is 10.5 Å². The largest absolute Gasteiger partial charge is 0.381 e. The quantitative estimate of drug-likeness (QED) is 0.793. The van der Waals surface area contributed by atoms with E-state index in [2.05, 4.69) is 5.10 Å². The first-order valence-electron chi connectivity index (χ1n) is 7.78. The van der Waals surface area contributed by atoms with E-state index in [1.165, 1.54) is 0 Å². The predicted molar refractivity (Wildman–Crippen MR) is 80.9 cm³/mol. The zero-order chi connectivity index (χ0) is 15.6. The van der Waals surface area contributed by atoms with Crippen molar-refractivity contribution < 1.29 is 17.9 Å². The monoisotopic (exact) mass is 329 g/mol. The second-order valence-corrected chi connectivity index (χ2v) is 7.87. The number of nitrogens with zero attached hydrogens (tertiary/aromatic N) is 3. The van der Waals surface area contributed by atoms with Gasteiger partial charge in [0.05, 0.1) is 31.3 Å². The molecule has 1 aromatic heterocycles. The van der Waals surface area contributed by atoms with Gasteiger partial charge in [-0.05, 0) is 19.3 Å². The van der Waals surface area contributed by atoms with E-state index in [0.29, 0.717) is 32.9 Å². The summed E-state index contributed by atoms with van der Waals surface area (Å²) in [5, 5.41) is 4.23. The second kappa shape index (κ2) is 6.66. The molecule has 3 rings (SSSR count). The van der Waals surface area contributed by atoms with Crippen molar-refractivity contribution in [2.45, 2.75) is 26.0 Å². The summed E-state index contributed by atoms with van der Waals surface area (Å²) in [6.07, 6.45) is 4.28. The van der Waals surface area contributed by atoms with Gasteiger partial charge in [0.1, 0.15) is 0 Å². The molecular formula is C14H23N3O4S. The third-order valence-electron chi connectivity index (χ3n) is 4.24. The number of ether oxygens (including phenoxy) is 2. The van der Waals surface area contributed by atoms with E-state index in [0.717, 1.165) is 18.5 Å². The van der Waals surface area contributed by atoms with Gasteiger partial charge in [-0.25, -0.2) is 8.42 Å². The zero-order valence-electron chi connectivity index (χ0n) is 12.8. The minimum Gasteiger partial charge on any atom is -0.381 e. The Labute approximate surface area is 131 Å². The molecule has 2 fully saturated rings. The minimum absolute atomic E-state index is 0.120. The number of aromatic nitrogens is 2. The Kier molecular flexibility index (Phi) is 4.82. The molecule has 0 amide bonds. The molecule has 22 heavy (non-hydrogen) atoms. The molecule has 3 heterocycles. The van der Waals surface area contributed by atoms with Crippen molar-refractivity contribution in [2.75, 3.05) is 38.7 Å². The number of hydrogen-bond acceptors (Lipinski definition) is 5. The number of hydrogen-bond donors (Lipinski definition) is 0. The molecule has 0 N–H and O–H groups in total. The van der Waals surface area contributed by atoms with Crippen LogP contribution in [-0.4, -0.2) is 61.2 Å². The van der Waals surface area contributed by atoms with Gasteiger partial charge in [0.25, 0.3) is 0 Å². The first kappa shape index (κ1) is 15.9. The topological polar surface area (TPSA) is 73.7 Å². The molecule has 2 aliphatic rings. The zero-order valence-corrected chi connectivity index (χ0v) is 13.7. The fraction of sp³-hybridized carbons (Fsp3) is 0.786. The summed E-state index contributed by atoms with van der Waals surface area (Å²) in [7, 11) is -3.26. The fourth-order valence-corrected chi connectivity index (χ4v) is 4.70. The van der Waals surface area contributed by atoms with E-state index in [4.69, 9.17) is 9.47 Å². The third-order valence-corrected chi connectivity index (χ3v) is 6.25. The maximum atomic E-state index is 12.6. The van der Waals surface area contributed by atoms with Crippen LogP contribution in [0.15, 0.2) is 12.4 Å². The molecule has 0 radical (unpaired) electrons. The molecule has 2 atom stereocenters. The normalized spacial score (nSPS) is 27.3. The molecule has 2 unspecified atom stereocenters. The van der Waals surface area contributed by atoms with Gasteiger partial charge >= 0.3 is 0 Å². The molecule has 2 saturated heterocycles. The van der Waals surface area contributed by atoms with Crippen LogP contribution >= 0.6 is 0 Å². The smallest absolute Gasteiger partial charge is 0.214 e. The van der Waals surface area contributed by atoms with Crippen molar-refractivity contribution in [3.8, 4) is 0 Å². The first-order valence-corrected chi connectivity index (χ1v) is 9.39. The lowest BCUT2D eigenvalue weighted by atomic mass is 10.2. The Morgan fingerprint density at radius 2 is 2.27 bits per heavy atom. The Bertz CT molecular complexity index is 595. The molecule has 0 aromatic carbocycles. The van der Waals surface area contributed by atoms with Crippen molar-refractivity contribution in [1.29, 1.82) is 0 Å². The van der Waals surface area contributed by atoms with Gasteiger partial charge in [-0.15, -0.1) is 0 Å². The van der Waals surface area contributed by atoms with Gasteiger partial charge in [-0.2, -0.15) is 9.40 Å². The molecule has 2 aliphatic heterocycles.